The number of thioether (sulfide) groups is 2. The van der Waals surface area contributed by atoms with E-state index >= 15 is 0 Å². The Kier molecular flexibility index (Phi) is 6.04. The van der Waals surface area contributed by atoms with Crippen LogP contribution in [0.2, 0.25) is 0 Å². The number of hydrogen-bond donors (Lipinski definition) is 2. The molecule has 1 saturated heterocycles. The van der Waals surface area contributed by atoms with Crippen LogP contribution in [0.3, 0.4) is 0 Å². The molecule has 2 amide bonds. The molecule has 2 aromatic heterocycles. The van der Waals surface area contributed by atoms with Gasteiger partial charge in [0.05, 0.1) is 10.6 Å². The number of fused-ring (bicyclic) bond motifs is 2. The molecule has 4 heterocycles. The van der Waals surface area contributed by atoms with Crippen molar-refractivity contribution in [2.45, 2.75) is 22.0 Å². The molecule has 1 aromatic carbocycles. The number of carboxylic acid groups (broad SMARTS) is 1. The van der Waals surface area contributed by atoms with Gasteiger partial charge >= 0.3 is 5.97 Å². The van der Waals surface area contributed by atoms with Gasteiger partial charge < -0.3 is 10.4 Å². The molecule has 2 aliphatic rings. The van der Waals surface area contributed by atoms with Crippen molar-refractivity contribution in [1.29, 1.82) is 0 Å². The molecule has 0 bridgehead atoms. The van der Waals surface area contributed by atoms with Crippen LogP contribution in [-0.4, -0.2) is 45.0 Å². The number of carboxylic acids is 1. The lowest BCUT2D eigenvalue weighted by molar-refractivity contribution is -0.150. The highest BCUT2D eigenvalue weighted by molar-refractivity contribution is 8.07. The van der Waals surface area contributed by atoms with Crippen LogP contribution in [0.25, 0.3) is 10.1 Å². The summed E-state index contributed by atoms with van der Waals surface area (Å²) in [6.45, 7) is 0. The highest BCUT2D eigenvalue weighted by atomic mass is 32.2. The summed E-state index contributed by atoms with van der Waals surface area (Å²) in [6.07, 6.45) is 0.183. The Bertz CT molecular complexity index is 1360. The van der Waals surface area contributed by atoms with Gasteiger partial charge in [-0.1, -0.05) is 30.0 Å². The lowest BCUT2D eigenvalue weighted by atomic mass is 10.0. The lowest BCUT2D eigenvalue weighted by Crippen LogP contribution is -2.70. The Labute approximate surface area is 204 Å². The zero-order chi connectivity index (χ0) is 23.1. The molecule has 0 radical (unpaired) electrons. The normalized spacial score (nSPS) is 19.9. The molecule has 0 aliphatic carbocycles. The Hall–Kier alpha value is -2.60. The number of benzene rings is 1. The Morgan fingerprint density at radius 2 is 2.00 bits per heavy atom. The molecule has 168 valence electrons. The number of nitrogens with one attached hydrogen (secondary N) is 1. The van der Waals surface area contributed by atoms with Gasteiger partial charge in [0.1, 0.15) is 17.1 Å². The number of β-lactam (4-membered cyclic amide) rings is 1. The number of carbonyl (C=O) groups excluding carboxylic acids is 2. The minimum absolute atomic E-state index is 0.0784. The van der Waals surface area contributed by atoms with Crippen LogP contribution in [0.4, 0.5) is 0 Å². The fourth-order valence-corrected chi connectivity index (χ4v) is 8.29. The molecule has 1 fully saturated rings. The maximum absolute atomic E-state index is 12.8. The molecule has 7 nitrogen and oxygen atoms in total. The zero-order valence-electron chi connectivity index (χ0n) is 16.8. The summed E-state index contributed by atoms with van der Waals surface area (Å²) in [4.78, 5) is 52.4. The van der Waals surface area contributed by atoms with Crippen LogP contribution in [0, 0.1) is 0 Å². The third kappa shape index (κ3) is 4.21. The van der Waals surface area contributed by atoms with Crippen LogP contribution in [0.1, 0.15) is 4.88 Å². The molecule has 1 unspecified atom stereocenters. The largest absolute Gasteiger partial charge is 0.477 e. The van der Waals surface area contributed by atoms with Crippen LogP contribution >= 0.6 is 46.2 Å². The zero-order valence-corrected chi connectivity index (χ0v) is 20.1. The van der Waals surface area contributed by atoms with Crippen molar-refractivity contribution in [2.75, 3.05) is 5.75 Å². The SMILES string of the molecule is O=C(Cc1cccs1)NC1C(=O)N2C(C(=O)O)=C(Sc3cc(=O)c4ccccc4s3)CS[C@H]12. The van der Waals surface area contributed by atoms with E-state index in [9.17, 15) is 24.3 Å². The number of aliphatic carboxylic acids is 1. The second-order valence-corrected chi connectivity index (χ2v) is 11.9. The maximum atomic E-state index is 12.8. The van der Waals surface area contributed by atoms with Crippen LogP contribution < -0.4 is 10.7 Å². The second kappa shape index (κ2) is 8.98. The number of hydrogen-bond acceptors (Lipinski definition) is 8. The first-order valence-electron chi connectivity index (χ1n) is 9.86. The molecule has 33 heavy (non-hydrogen) atoms. The summed E-state index contributed by atoms with van der Waals surface area (Å²) in [6, 6.07) is 11.7. The number of thiophene rings is 1. The minimum atomic E-state index is -1.20. The molecule has 3 aromatic rings. The van der Waals surface area contributed by atoms with Gasteiger partial charge in [-0.2, -0.15) is 0 Å². The summed E-state index contributed by atoms with van der Waals surface area (Å²) >= 11 is 5.49. The van der Waals surface area contributed by atoms with Crippen LogP contribution in [-0.2, 0) is 20.8 Å². The first-order valence-corrected chi connectivity index (χ1v) is 13.4. The maximum Gasteiger partial charge on any atom is 0.353 e. The van der Waals surface area contributed by atoms with E-state index < -0.39 is 23.3 Å². The van der Waals surface area contributed by atoms with E-state index in [0.29, 0.717) is 20.3 Å². The van der Waals surface area contributed by atoms with Crippen molar-refractivity contribution in [3.05, 3.63) is 73.5 Å². The predicted molar refractivity (Wildman–Crippen MR) is 132 cm³/mol. The lowest BCUT2D eigenvalue weighted by Gasteiger charge is -2.49. The molecule has 2 atom stereocenters. The van der Waals surface area contributed by atoms with Crippen molar-refractivity contribution in [2.24, 2.45) is 0 Å². The molecule has 0 spiro atoms. The molecule has 2 N–H and O–H groups in total. The Morgan fingerprint density at radius 1 is 1.18 bits per heavy atom. The summed E-state index contributed by atoms with van der Waals surface area (Å²) in [5, 5.41) is 14.7. The van der Waals surface area contributed by atoms with E-state index in [1.807, 2.05) is 29.6 Å². The van der Waals surface area contributed by atoms with Gasteiger partial charge in [-0.05, 0) is 23.6 Å². The fourth-order valence-electron chi connectivity index (χ4n) is 3.72. The van der Waals surface area contributed by atoms with Gasteiger partial charge in [0.25, 0.3) is 5.91 Å². The summed E-state index contributed by atoms with van der Waals surface area (Å²) in [7, 11) is 0. The number of carbonyl (C=O) groups is 3. The summed E-state index contributed by atoms with van der Waals surface area (Å²) < 4.78 is 1.49. The average Bonchev–Trinajstić information content (AvgIpc) is 3.30. The first kappa shape index (κ1) is 22.2. The smallest absolute Gasteiger partial charge is 0.353 e. The van der Waals surface area contributed by atoms with Crippen molar-refractivity contribution < 1.29 is 19.5 Å². The summed E-state index contributed by atoms with van der Waals surface area (Å²) in [5.74, 6) is -1.54. The van der Waals surface area contributed by atoms with E-state index in [0.717, 1.165) is 9.58 Å². The van der Waals surface area contributed by atoms with Crippen molar-refractivity contribution in [1.82, 2.24) is 10.2 Å². The quantitative estimate of drug-likeness (QED) is 0.484. The highest BCUT2D eigenvalue weighted by Crippen LogP contribution is 2.46. The van der Waals surface area contributed by atoms with E-state index in [-0.39, 0.29) is 23.5 Å². The van der Waals surface area contributed by atoms with Crippen molar-refractivity contribution >= 4 is 74.1 Å². The molecule has 5 rings (SSSR count). The van der Waals surface area contributed by atoms with Gasteiger partial charge in [-0.3, -0.25) is 19.3 Å². The second-order valence-electron chi connectivity index (χ2n) is 7.32. The fraction of sp³-hybridized carbons (Fsp3) is 0.182. The van der Waals surface area contributed by atoms with Gasteiger partial charge in [-0.25, -0.2) is 4.79 Å². The average molecular weight is 517 g/mol. The van der Waals surface area contributed by atoms with Gasteiger partial charge in [0, 0.05) is 31.7 Å². The standard InChI is InChI=1S/C22H16N2O5S4/c25-13-9-17(32-14-6-2-1-5-12(13)14)33-15-10-31-21-18(20(27)24(21)19(15)22(28)29)23-16(26)8-11-4-3-7-30-11/h1-7,9,18,21H,8,10H2,(H,23,26)(H,28,29)/t18?,21-/m1/s1. The molecule has 11 heteroatoms. The minimum Gasteiger partial charge on any atom is -0.477 e. The monoisotopic (exact) mass is 516 g/mol. The molecular weight excluding hydrogens is 501 g/mol. The van der Waals surface area contributed by atoms with E-state index in [1.165, 1.54) is 57.2 Å². The third-order valence-corrected chi connectivity index (χ3v) is 9.84. The van der Waals surface area contributed by atoms with Crippen LogP contribution in [0.5, 0.6) is 0 Å². The van der Waals surface area contributed by atoms with Crippen LogP contribution in [0.15, 0.2) is 67.5 Å². The molecular formula is C22H16N2O5S4. The van der Waals surface area contributed by atoms with Gasteiger partial charge in [-0.15, -0.1) is 34.4 Å². The highest BCUT2D eigenvalue weighted by Gasteiger charge is 2.54. The van der Waals surface area contributed by atoms with E-state index in [1.54, 1.807) is 12.1 Å². The third-order valence-electron chi connectivity index (χ3n) is 5.20. The van der Waals surface area contributed by atoms with Crippen molar-refractivity contribution in [3.63, 3.8) is 0 Å². The Balaban J connectivity index is 1.37. The molecule has 2 aliphatic heterocycles. The van der Waals surface area contributed by atoms with Gasteiger partial charge in [0.2, 0.25) is 5.91 Å². The van der Waals surface area contributed by atoms with E-state index in [2.05, 4.69) is 5.32 Å². The topological polar surface area (TPSA) is 104 Å². The number of nitrogens with zero attached hydrogens (tertiary/aromatic N) is 1. The molecule has 0 saturated carbocycles. The van der Waals surface area contributed by atoms with Crippen molar-refractivity contribution in [3.8, 4) is 0 Å². The van der Waals surface area contributed by atoms with Gasteiger partial charge in [0.15, 0.2) is 5.43 Å². The predicted octanol–water partition coefficient (Wildman–Crippen LogP) is 3.35. The Morgan fingerprint density at radius 3 is 2.76 bits per heavy atom. The number of amides is 2. The first-order chi connectivity index (χ1) is 15.9. The summed E-state index contributed by atoms with van der Waals surface area (Å²) in [5.41, 5.74) is -0.204. The van der Waals surface area contributed by atoms with E-state index in [4.69, 9.17) is 0 Å². The number of rotatable bonds is 6.